The summed E-state index contributed by atoms with van der Waals surface area (Å²) in [5.74, 6) is 0.838. The van der Waals surface area contributed by atoms with E-state index < -0.39 is 10.4 Å². The number of hydrogen-bond donors (Lipinski definition) is 5. The van der Waals surface area contributed by atoms with Gasteiger partial charge in [-0.1, -0.05) is 13.8 Å². The number of guanidine groups is 1. The normalized spacial score (nSPS) is 9.94. The Labute approximate surface area is 101 Å². The molecule has 10 heteroatoms. The summed E-state index contributed by atoms with van der Waals surface area (Å²) in [4.78, 5) is 3.83. The molecule has 0 aromatic heterocycles. The maximum Gasteiger partial charge on any atom is 0.394 e. The zero-order chi connectivity index (χ0) is 13.2. The van der Waals surface area contributed by atoms with Crippen LogP contribution in [-0.2, 0) is 10.4 Å². The summed E-state index contributed by atoms with van der Waals surface area (Å²) in [5.41, 5.74) is 10.3. The molecule has 0 radical (unpaired) electrons. The van der Waals surface area contributed by atoms with Crippen molar-refractivity contribution in [2.45, 2.75) is 13.8 Å². The van der Waals surface area contributed by atoms with E-state index in [0.717, 1.165) is 13.1 Å². The first kappa shape index (κ1) is 21.4. The fourth-order valence-corrected chi connectivity index (χ4v) is 0.655. The third-order valence-electron chi connectivity index (χ3n) is 1.14. The lowest BCUT2D eigenvalue weighted by atomic mass is 10.2. The summed E-state index contributed by atoms with van der Waals surface area (Å²) < 4.78 is 31.6. The van der Waals surface area contributed by atoms with Crippen LogP contribution in [0.4, 0.5) is 0 Å². The Morgan fingerprint density at radius 3 is 2.06 bits per heavy atom. The van der Waals surface area contributed by atoms with Gasteiger partial charge in [-0.15, -0.1) is 0 Å². The van der Waals surface area contributed by atoms with E-state index >= 15 is 0 Å². The van der Waals surface area contributed by atoms with Crippen molar-refractivity contribution < 1.29 is 23.0 Å². The molecule has 0 rings (SSSR count). The quantitative estimate of drug-likeness (QED) is 0.166. The summed E-state index contributed by atoms with van der Waals surface area (Å²) in [5, 5.41) is 3.22. The van der Waals surface area contributed by atoms with Crippen LogP contribution < -0.4 is 16.8 Å². The van der Waals surface area contributed by atoms with Crippen LogP contribution in [0.2, 0.25) is 0 Å². The van der Waals surface area contributed by atoms with E-state index in [-0.39, 0.29) is 11.4 Å². The maximum atomic E-state index is 8.74. The lowest BCUT2D eigenvalue weighted by Crippen LogP contribution is -2.26. The summed E-state index contributed by atoms with van der Waals surface area (Å²) in [7, 11) is -4.67. The predicted octanol–water partition coefficient (Wildman–Crippen LogP) is -1.97. The molecular formula is C7H22N4O5S. The van der Waals surface area contributed by atoms with Crippen LogP contribution in [-0.4, -0.2) is 48.6 Å². The molecule has 0 aromatic carbocycles. The summed E-state index contributed by atoms with van der Waals surface area (Å²) in [6.07, 6.45) is 0. The Bertz CT molecular complexity index is 279. The molecule has 0 saturated heterocycles. The molecule has 0 saturated carbocycles. The second kappa shape index (κ2) is 11.5. The van der Waals surface area contributed by atoms with Crippen LogP contribution >= 0.6 is 0 Å². The number of aliphatic imine (C=N–C) groups is 1. The molecule has 0 unspecified atom stereocenters. The smallest absolute Gasteiger partial charge is 0.394 e. The minimum atomic E-state index is -4.67. The van der Waals surface area contributed by atoms with E-state index in [0.29, 0.717) is 12.5 Å². The van der Waals surface area contributed by atoms with Crippen molar-refractivity contribution in [1.82, 2.24) is 5.32 Å². The first-order chi connectivity index (χ1) is 7.13. The van der Waals surface area contributed by atoms with Gasteiger partial charge in [-0.05, 0) is 12.5 Å². The summed E-state index contributed by atoms with van der Waals surface area (Å²) in [6, 6.07) is 0. The van der Waals surface area contributed by atoms with Gasteiger partial charge in [-0.25, -0.2) is 0 Å². The second-order valence-corrected chi connectivity index (χ2v) is 4.25. The van der Waals surface area contributed by atoms with E-state index in [1.165, 1.54) is 0 Å². The van der Waals surface area contributed by atoms with E-state index in [1.54, 1.807) is 0 Å². The van der Waals surface area contributed by atoms with Crippen molar-refractivity contribution in [3.05, 3.63) is 0 Å². The zero-order valence-corrected chi connectivity index (χ0v) is 10.7. The number of nitrogens with zero attached hydrogens (tertiary/aromatic N) is 1. The van der Waals surface area contributed by atoms with Gasteiger partial charge >= 0.3 is 10.4 Å². The number of nitrogens with two attached hydrogens (primary N) is 2. The van der Waals surface area contributed by atoms with Crippen LogP contribution in [0, 0.1) is 5.92 Å². The predicted molar refractivity (Wildman–Crippen MR) is 66.2 cm³/mol. The largest absolute Gasteiger partial charge is 0.412 e. The van der Waals surface area contributed by atoms with Crippen molar-refractivity contribution in [2.75, 3.05) is 19.6 Å². The third-order valence-corrected chi connectivity index (χ3v) is 1.14. The molecule has 9 nitrogen and oxygen atoms in total. The van der Waals surface area contributed by atoms with Crippen molar-refractivity contribution in [1.29, 1.82) is 0 Å². The van der Waals surface area contributed by atoms with Crippen molar-refractivity contribution >= 4 is 16.4 Å². The average Bonchev–Trinajstić information content (AvgIpc) is 1.99. The van der Waals surface area contributed by atoms with Gasteiger partial charge in [0, 0.05) is 6.54 Å². The SMILES string of the molecule is CC(C)CNCCN=C(N)N.O.O=S(=O)(O)O. The topological polar surface area (TPSA) is 183 Å². The van der Waals surface area contributed by atoms with E-state index in [9.17, 15) is 0 Å². The maximum absolute atomic E-state index is 8.74. The van der Waals surface area contributed by atoms with Gasteiger partial charge in [0.2, 0.25) is 0 Å². The standard InChI is InChI=1S/C7H18N4.H2O4S.H2O/c1-6(2)5-10-3-4-11-7(8)9;1-5(2,3)4;/h6,10H,3-5H2,1-2H3,(H4,8,9,11);(H2,1,2,3,4);1H2. The van der Waals surface area contributed by atoms with Crippen molar-refractivity contribution in [3.63, 3.8) is 0 Å². The second-order valence-electron chi connectivity index (χ2n) is 3.35. The Kier molecular flexibility index (Phi) is 14.5. The van der Waals surface area contributed by atoms with Gasteiger partial charge in [0.25, 0.3) is 0 Å². The Balaban J connectivity index is -0.000000280. The molecule has 0 aliphatic rings. The molecule has 0 heterocycles. The van der Waals surface area contributed by atoms with E-state index in [4.69, 9.17) is 29.0 Å². The first-order valence-corrected chi connectivity index (χ1v) is 5.98. The molecule has 17 heavy (non-hydrogen) atoms. The van der Waals surface area contributed by atoms with E-state index in [1.807, 2.05) is 0 Å². The Morgan fingerprint density at radius 1 is 1.35 bits per heavy atom. The highest BCUT2D eigenvalue weighted by molar-refractivity contribution is 7.79. The molecule has 9 N–H and O–H groups in total. The van der Waals surface area contributed by atoms with Crippen molar-refractivity contribution in [2.24, 2.45) is 22.4 Å². The lowest BCUT2D eigenvalue weighted by molar-refractivity contribution is 0.381. The molecular weight excluding hydrogens is 252 g/mol. The van der Waals surface area contributed by atoms with Crippen LogP contribution in [0.5, 0.6) is 0 Å². The highest BCUT2D eigenvalue weighted by atomic mass is 32.3. The zero-order valence-electron chi connectivity index (χ0n) is 9.92. The molecule has 0 bridgehead atoms. The van der Waals surface area contributed by atoms with Gasteiger partial charge in [0.05, 0.1) is 6.54 Å². The highest BCUT2D eigenvalue weighted by Crippen LogP contribution is 1.85. The fourth-order valence-electron chi connectivity index (χ4n) is 0.655. The van der Waals surface area contributed by atoms with Crippen LogP contribution in [0.1, 0.15) is 13.8 Å². The average molecular weight is 274 g/mol. The Hall–Kier alpha value is -0.940. The highest BCUT2D eigenvalue weighted by Gasteiger charge is 1.90. The number of hydrogen-bond acceptors (Lipinski definition) is 4. The van der Waals surface area contributed by atoms with Gasteiger partial charge in [-0.2, -0.15) is 8.42 Å². The molecule has 0 atom stereocenters. The number of rotatable bonds is 5. The molecule has 0 amide bonds. The van der Waals surface area contributed by atoms with Gasteiger partial charge < -0.3 is 22.3 Å². The van der Waals surface area contributed by atoms with Gasteiger partial charge in [-0.3, -0.25) is 14.1 Å². The molecule has 0 fully saturated rings. The molecule has 0 aromatic rings. The van der Waals surface area contributed by atoms with E-state index in [2.05, 4.69) is 24.2 Å². The number of nitrogens with one attached hydrogen (secondary N) is 1. The molecule has 0 spiro atoms. The molecule has 0 aliphatic carbocycles. The molecule has 0 aliphatic heterocycles. The first-order valence-electron chi connectivity index (χ1n) is 4.59. The van der Waals surface area contributed by atoms with Crippen LogP contribution in [0.25, 0.3) is 0 Å². The minimum absolute atomic E-state index is 0. The van der Waals surface area contributed by atoms with Crippen LogP contribution in [0.3, 0.4) is 0 Å². The van der Waals surface area contributed by atoms with Gasteiger partial charge in [0.15, 0.2) is 5.96 Å². The lowest BCUT2D eigenvalue weighted by Gasteiger charge is -2.04. The van der Waals surface area contributed by atoms with Crippen LogP contribution in [0.15, 0.2) is 4.99 Å². The monoisotopic (exact) mass is 274 g/mol. The van der Waals surface area contributed by atoms with Crippen molar-refractivity contribution in [3.8, 4) is 0 Å². The Morgan fingerprint density at radius 2 is 1.76 bits per heavy atom. The summed E-state index contributed by atoms with van der Waals surface area (Å²) >= 11 is 0. The molecule has 106 valence electrons. The summed E-state index contributed by atoms with van der Waals surface area (Å²) in [6.45, 7) is 6.84. The third kappa shape index (κ3) is 51.5. The van der Waals surface area contributed by atoms with Gasteiger partial charge in [0.1, 0.15) is 0 Å². The fraction of sp³-hybridized carbons (Fsp3) is 0.857. The minimum Gasteiger partial charge on any atom is -0.412 e.